The maximum absolute atomic E-state index is 5.60. The standard InChI is InChI=1S/C12H23NO/c1-5-6-13-12(9(2)3)11-7-10(4)14-8-11/h10-13H,2,5-8H2,1,3-4H3. The Morgan fingerprint density at radius 2 is 2.36 bits per heavy atom. The van der Waals surface area contributed by atoms with Gasteiger partial charge >= 0.3 is 0 Å². The number of hydrogen-bond acceptors (Lipinski definition) is 2. The van der Waals surface area contributed by atoms with Crippen molar-refractivity contribution in [1.82, 2.24) is 5.32 Å². The molecule has 2 nitrogen and oxygen atoms in total. The minimum absolute atomic E-state index is 0.422. The van der Waals surface area contributed by atoms with Crippen LogP contribution in [0.5, 0.6) is 0 Å². The maximum Gasteiger partial charge on any atom is 0.0551 e. The van der Waals surface area contributed by atoms with E-state index < -0.39 is 0 Å². The van der Waals surface area contributed by atoms with Gasteiger partial charge in [0.15, 0.2) is 0 Å². The Balaban J connectivity index is 2.45. The lowest BCUT2D eigenvalue weighted by atomic mass is 9.92. The third kappa shape index (κ3) is 3.10. The van der Waals surface area contributed by atoms with Crippen molar-refractivity contribution in [3.63, 3.8) is 0 Å². The van der Waals surface area contributed by atoms with Crippen molar-refractivity contribution in [3.05, 3.63) is 12.2 Å². The summed E-state index contributed by atoms with van der Waals surface area (Å²) in [7, 11) is 0. The van der Waals surface area contributed by atoms with Crippen LogP contribution in [0.4, 0.5) is 0 Å². The molecule has 1 rings (SSSR count). The van der Waals surface area contributed by atoms with Gasteiger partial charge in [0.25, 0.3) is 0 Å². The maximum atomic E-state index is 5.60. The predicted molar refractivity (Wildman–Crippen MR) is 60.4 cm³/mol. The van der Waals surface area contributed by atoms with E-state index in [1.54, 1.807) is 0 Å². The highest BCUT2D eigenvalue weighted by Gasteiger charge is 2.29. The average molecular weight is 197 g/mol. The molecule has 0 aromatic rings. The Hall–Kier alpha value is -0.340. The average Bonchev–Trinajstić information content (AvgIpc) is 2.52. The summed E-state index contributed by atoms with van der Waals surface area (Å²) in [5.74, 6) is 0.619. The van der Waals surface area contributed by atoms with Crippen molar-refractivity contribution >= 4 is 0 Å². The van der Waals surface area contributed by atoms with E-state index in [0.29, 0.717) is 18.1 Å². The van der Waals surface area contributed by atoms with Gasteiger partial charge in [-0.15, -0.1) is 0 Å². The lowest BCUT2D eigenvalue weighted by Gasteiger charge is -2.24. The fraction of sp³-hybridized carbons (Fsp3) is 0.833. The summed E-state index contributed by atoms with van der Waals surface area (Å²) in [6.45, 7) is 12.5. The molecule has 0 saturated carbocycles. The fourth-order valence-electron chi connectivity index (χ4n) is 2.13. The SMILES string of the molecule is C=C(C)C(NCCC)C1COC(C)C1. The molecule has 3 unspecified atom stereocenters. The van der Waals surface area contributed by atoms with Crippen LogP contribution in [-0.2, 0) is 4.74 Å². The van der Waals surface area contributed by atoms with Crippen LogP contribution in [0.15, 0.2) is 12.2 Å². The van der Waals surface area contributed by atoms with E-state index >= 15 is 0 Å². The molecule has 1 saturated heterocycles. The predicted octanol–water partition coefficient (Wildman–Crippen LogP) is 2.36. The quantitative estimate of drug-likeness (QED) is 0.683. The molecule has 1 aliphatic heterocycles. The minimum atomic E-state index is 0.422. The van der Waals surface area contributed by atoms with Crippen molar-refractivity contribution in [3.8, 4) is 0 Å². The van der Waals surface area contributed by atoms with Gasteiger partial charge in [-0.1, -0.05) is 19.1 Å². The summed E-state index contributed by atoms with van der Waals surface area (Å²) in [5, 5.41) is 3.55. The van der Waals surface area contributed by atoms with Gasteiger partial charge in [0, 0.05) is 12.0 Å². The number of nitrogens with one attached hydrogen (secondary N) is 1. The first-order valence-corrected chi connectivity index (χ1v) is 5.65. The van der Waals surface area contributed by atoms with Crippen molar-refractivity contribution < 1.29 is 4.74 Å². The molecule has 1 heterocycles. The molecule has 0 bridgehead atoms. The van der Waals surface area contributed by atoms with Gasteiger partial charge in [0.05, 0.1) is 12.7 Å². The first-order chi connectivity index (χ1) is 6.65. The molecule has 0 radical (unpaired) electrons. The second kappa shape index (κ2) is 5.52. The second-order valence-electron chi connectivity index (χ2n) is 4.42. The van der Waals surface area contributed by atoms with Gasteiger partial charge in [-0.3, -0.25) is 0 Å². The summed E-state index contributed by atoms with van der Waals surface area (Å²) < 4.78 is 5.60. The Morgan fingerprint density at radius 3 is 2.79 bits per heavy atom. The van der Waals surface area contributed by atoms with Crippen LogP contribution in [0.2, 0.25) is 0 Å². The van der Waals surface area contributed by atoms with E-state index in [9.17, 15) is 0 Å². The van der Waals surface area contributed by atoms with Crippen LogP contribution in [0.1, 0.15) is 33.6 Å². The van der Waals surface area contributed by atoms with E-state index in [4.69, 9.17) is 4.74 Å². The molecule has 14 heavy (non-hydrogen) atoms. The number of rotatable bonds is 5. The lowest BCUT2D eigenvalue weighted by Crippen LogP contribution is -2.37. The normalized spacial score (nSPS) is 29.1. The van der Waals surface area contributed by atoms with E-state index in [1.807, 2.05) is 0 Å². The molecule has 1 fully saturated rings. The summed E-state index contributed by atoms with van der Waals surface area (Å²) in [6.07, 6.45) is 2.76. The molecular formula is C12H23NO. The molecule has 0 aromatic heterocycles. The van der Waals surface area contributed by atoms with E-state index in [2.05, 4.69) is 32.7 Å². The molecule has 0 amide bonds. The smallest absolute Gasteiger partial charge is 0.0551 e. The van der Waals surface area contributed by atoms with Gasteiger partial charge in [-0.2, -0.15) is 0 Å². The topological polar surface area (TPSA) is 21.3 Å². The Morgan fingerprint density at radius 1 is 1.64 bits per heavy atom. The van der Waals surface area contributed by atoms with Crippen LogP contribution >= 0.6 is 0 Å². The zero-order chi connectivity index (χ0) is 10.6. The Labute approximate surface area is 87.7 Å². The Bertz CT molecular complexity index is 191. The van der Waals surface area contributed by atoms with Gasteiger partial charge in [-0.05, 0) is 33.2 Å². The zero-order valence-electron chi connectivity index (χ0n) is 9.68. The zero-order valence-corrected chi connectivity index (χ0v) is 9.68. The van der Waals surface area contributed by atoms with Crippen molar-refractivity contribution in [2.45, 2.75) is 45.8 Å². The van der Waals surface area contributed by atoms with Crippen LogP contribution in [0.3, 0.4) is 0 Å². The molecular weight excluding hydrogens is 174 g/mol. The Kier molecular flexibility index (Phi) is 4.63. The monoisotopic (exact) mass is 197 g/mol. The lowest BCUT2D eigenvalue weighted by molar-refractivity contribution is 0.118. The molecule has 82 valence electrons. The van der Waals surface area contributed by atoms with E-state index in [0.717, 1.165) is 19.6 Å². The van der Waals surface area contributed by atoms with Gasteiger partial charge in [0.2, 0.25) is 0 Å². The van der Waals surface area contributed by atoms with E-state index in [-0.39, 0.29) is 0 Å². The molecule has 0 spiro atoms. The third-order valence-corrected chi connectivity index (χ3v) is 2.85. The summed E-state index contributed by atoms with van der Waals surface area (Å²) in [4.78, 5) is 0. The molecule has 2 heteroatoms. The minimum Gasteiger partial charge on any atom is -0.378 e. The number of hydrogen-bond donors (Lipinski definition) is 1. The van der Waals surface area contributed by atoms with Crippen molar-refractivity contribution in [1.29, 1.82) is 0 Å². The van der Waals surface area contributed by atoms with Crippen LogP contribution < -0.4 is 5.32 Å². The molecule has 3 atom stereocenters. The molecule has 1 aliphatic rings. The third-order valence-electron chi connectivity index (χ3n) is 2.85. The van der Waals surface area contributed by atoms with Crippen molar-refractivity contribution in [2.24, 2.45) is 5.92 Å². The van der Waals surface area contributed by atoms with Gasteiger partial charge in [-0.25, -0.2) is 0 Å². The molecule has 1 N–H and O–H groups in total. The largest absolute Gasteiger partial charge is 0.378 e. The fourth-order valence-corrected chi connectivity index (χ4v) is 2.13. The van der Waals surface area contributed by atoms with Crippen LogP contribution in [0.25, 0.3) is 0 Å². The van der Waals surface area contributed by atoms with Crippen LogP contribution in [0, 0.1) is 5.92 Å². The summed E-state index contributed by atoms with van der Waals surface area (Å²) in [6, 6.07) is 0.444. The first-order valence-electron chi connectivity index (χ1n) is 5.65. The van der Waals surface area contributed by atoms with Crippen molar-refractivity contribution in [2.75, 3.05) is 13.2 Å². The highest BCUT2D eigenvalue weighted by Crippen LogP contribution is 2.25. The molecule has 0 aromatic carbocycles. The number of ether oxygens (including phenoxy) is 1. The van der Waals surface area contributed by atoms with Gasteiger partial charge < -0.3 is 10.1 Å². The van der Waals surface area contributed by atoms with E-state index in [1.165, 1.54) is 12.0 Å². The second-order valence-corrected chi connectivity index (χ2v) is 4.42. The highest BCUT2D eigenvalue weighted by atomic mass is 16.5. The van der Waals surface area contributed by atoms with Crippen LogP contribution in [-0.4, -0.2) is 25.3 Å². The first kappa shape index (κ1) is 11.7. The molecule has 0 aliphatic carbocycles. The summed E-state index contributed by atoms with van der Waals surface area (Å²) >= 11 is 0. The highest BCUT2D eigenvalue weighted by molar-refractivity contribution is 5.05. The summed E-state index contributed by atoms with van der Waals surface area (Å²) in [5.41, 5.74) is 1.24. The van der Waals surface area contributed by atoms with Gasteiger partial charge in [0.1, 0.15) is 0 Å².